The molecule has 0 bridgehead atoms. The van der Waals surface area contributed by atoms with Crippen molar-refractivity contribution in [2.75, 3.05) is 6.61 Å². The van der Waals surface area contributed by atoms with Gasteiger partial charge in [-0.1, -0.05) is 56.3 Å². The summed E-state index contributed by atoms with van der Waals surface area (Å²) in [4.78, 5) is 25.1. The third kappa shape index (κ3) is 8.68. The van der Waals surface area contributed by atoms with E-state index in [1.165, 1.54) is 11.1 Å². The van der Waals surface area contributed by atoms with Gasteiger partial charge in [-0.2, -0.15) is 0 Å². The second-order valence-electron chi connectivity index (χ2n) is 10.8. The maximum absolute atomic E-state index is 13.4. The number of unbranched alkanes of at least 4 members (excludes halogenated alkanes) is 1. The molecule has 0 aliphatic carbocycles. The summed E-state index contributed by atoms with van der Waals surface area (Å²) in [5, 5.41) is 0.906. The number of esters is 1. The van der Waals surface area contributed by atoms with Gasteiger partial charge in [0.25, 0.3) is 0 Å². The quantitative estimate of drug-likeness (QED) is 0.0645. The number of aryl methyl sites for hydroxylation is 2. The Morgan fingerprint density at radius 2 is 1.63 bits per heavy atom. The second kappa shape index (κ2) is 15.0. The summed E-state index contributed by atoms with van der Waals surface area (Å²) >= 11 is 0. The van der Waals surface area contributed by atoms with E-state index < -0.39 is 0 Å². The number of hydrogen-bond donors (Lipinski definition) is 0. The highest BCUT2D eigenvalue weighted by Gasteiger charge is 2.17. The van der Waals surface area contributed by atoms with Crippen molar-refractivity contribution in [1.29, 1.82) is 0 Å². The van der Waals surface area contributed by atoms with Crippen LogP contribution in [0, 0.1) is 5.92 Å². The molecule has 1 aromatic heterocycles. The smallest absolute Gasteiger partial charge is 0.305 e. The summed E-state index contributed by atoms with van der Waals surface area (Å²) in [5.74, 6) is 1.14. The fourth-order valence-corrected chi connectivity index (χ4v) is 5.01. The lowest BCUT2D eigenvalue weighted by Gasteiger charge is -2.06. The van der Waals surface area contributed by atoms with Crippen LogP contribution >= 0.6 is 0 Å². The zero-order valence-electron chi connectivity index (χ0n) is 24.5. The number of allylic oxidation sites excluding steroid dienone is 1. The molecule has 0 aliphatic rings. The lowest BCUT2D eigenvalue weighted by atomic mass is 10.0. The van der Waals surface area contributed by atoms with Gasteiger partial charge in [-0.3, -0.25) is 9.59 Å². The van der Waals surface area contributed by atoms with Gasteiger partial charge in [0.15, 0.2) is 5.78 Å². The van der Waals surface area contributed by atoms with E-state index in [9.17, 15) is 9.59 Å². The molecule has 0 spiro atoms. The minimum Gasteiger partial charge on any atom is -0.466 e. The standard InChI is InChI=1S/C36H41NO4/c1-4-40-35(38)14-10-23-37-26-33(32-12-7-8-13-34(32)37)36(39)30-19-21-31(22-20-30)41-24-9-5-6-11-28-15-17-29(18-16-28)25-27(2)3/h7-9,12-13,15-22,24,26-27H,4-6,10-11,14,23,25H2,1-3H3. The van der Waals surface area contributed by atoms with Crippen LogP contribution in [0.4, 0.5) is 0 Å². The second-order valence-corrected chi connectivity index (χ2v) is 10.8. The van der Waals surface area contributed by atoms with Gasteiger partial charge < -0.3 is 14.0 Å². The van der Waals surface area contributed by atoms with Crippen LogP contribution in [0.25, 0.3) is 10.9 Å². The molecule has 0 atom stereocenters. The summed E-state index contributed by atoms with van der Waals surface area (Å²) in [6.45, 7) is 7.32. The van der Waals surface area contributed by atoms with Crippen molar-refractivity contribution >= 4 is 22.7 Å². The number of fused-ring (bicyclic) bond motifs is 1. The van der Waals surface area contributed by atoms with Crippen LogP contribution in [0.1, 0.15) is 73.5 Å². The largest absolute Gasteiger partial charge is 0.466 e. The monoisotopic (exact) mass is 551 g/mol. The molecule has 0 saturated carbocycles. The first-order valence-corrected chi connectivity index (χ1v) is 14.7. The van der Waals surface area contributed by atoms with E-state index in [0.29, 0.717) is 48.8 Å². The number of carbonyl (C=O) groups is 2. The summed E-state index contributed by atoms with van der Waals surface area (Å²) < 4.78 is 12.9. The number of hydrogen-bond acceptors (Lipinski definition) is 4. The van der Waals surface area contributed by atoms with E-state index in [-0.39, 0.29) is 11.8 Å². The molecule has 0 aliphatic heterocycles. The minimum atomic E-state index is -0.194. The zero-order chi connectivity index (χ0) is 29.0. The van der Waals surface area contributed by atoms with Gasteiger partial charge in [0.2, 0.25) is 0 Å². The van der Waals surface area contributed by atoms with Gasteiger partial charge in [0.1, 0.15) is 5.75 Å². The molecule has 0 N–H and O–H groups in total. The van der Waals surface area contributed by atoms with E-state index in [0.717, 1.165) is 36.6 Å². The Labute approximate surface area is 243 Å². The molecule has 0 radical (unpaired) electrons. The average Bonchev–Trinajstić information content (AvgIpc) is 3.34. The summed E-state index contributed by atoms with van der Waals surface area (Å²) in [6.07, 6.45) is 10.8. The SMILES string of the molecule is CCOC(=O)CCCn1cc(C(=O)c2ccc(OC=CCCCc3ccc(CC(C)C)cc3)cc2)c2ccccc21. The molecule has 0 saturated heterocycles. The Morgan fingerprint density at radius 3 is 2.37 bits per heavy atom. The van der Waals surface area contributed by atoms with Crippen molar-refractivity contribution in [3.63, 3.8) is 0 Å². The Hall–Kier alpha value is -4.12. The number of para-hydroxylation sites is 1. The van der Waals surface area contributed by atoms with Crippen molar-refractivity contribution in [3.05, 3.63) is 114 Å². The Kier molecular flexibility index (Phi) is 10.9. The predicted octanol–water partition coefficient (Wildman–Crippen LogP) is 8.33. The fraction of sp³-hybridized carbons (Fsp3) is 0.333. The van der Waals surface area contributed by atoms with Gasteiger partial charge in [-0.15, -0.1) is 0 Å². The van der Waals surface area contributed by atoms with E-state index in [2.05, 4.69) is 38.1 Å². The van der Waals surface area contributed by atoms with Gasteiger partial charge in [0, 0.05) is 41.2 Å². The fourth-order valence-electron chi connectivity index (χ4n) is 5.01. The van der Waals surface area contributed by atoms with Crippen LogP contribution in [0.2, 0.25) is 0 Å². The van der Waals surface area contributed by atoms with Crippen LogP contribution in [-0.4, -0.2) is 22.9 Å². The predicted molar refractivity (Wildman–Crippen MR) is 165 cm³/mol. The number of aromatic nitrogens is 1. The first-order valence-electron chi connectivity index (χ1n) is 14.7. The molecule has 5 heteroatoms. The average molecular weight is 552 g/mol. The number of rotatable bonds is 15. The first kappa shape index (κ1) is 29.9. The molecule has 5 nitrogen and oxygen atoms in total. The van der Waals surface area contributed by atoms with Crippen LogP contribution in [0.5, 0.6) is 5.75 Å². The Balaban J connectivity index is 1.28. The van der Waals surface area contributed by atoms with Crippen LogP contribution in [0.15, 0.2) is 91.3 Å². The highest BCUT2D eigenvalue weighted by Crippen LogP contribution is 2.25. The van der Waals surface area contributed by atoms with Crippen molar-refractivity contribution in [2.24, 2.45) is 5.92 Å². The molecule has 4 rings (SSSR count). The van der Waals surface area contributed by atoms with Crippen molar-refractivity contribution < 1.29 is 19.1 Å². The highest BCUT2D eigenvalue weighted by molar-refractivity contribution is 6.16. The number of carbonyl (C=O) groups excluding carboxylic acids is 2. The van der Waals surface area contributed by atoms with Crippen LogP contribution < -0.4 is 4.74 Å². The van der Waals surface area contributed by atoms with E-state index >= 15 is 0 Å². The number of benzene rings is 3. The summed E-state index contributed by atoms with van der Waals surface area (Å²) in [7, 11) is 0. The maximum atomic E-state index is 13.4. The van der Waals surface area contributed by atoms with Crippen molar-refractivity contribution in [3.8, 4) is 5.75 Å². The van der Waals surface area contributed by atoms with Crippen molar-refractivity contribution in [2.45, 2.75) is 65.8 Å². The molecule has 0 amide bonds. The molecule has 4 aromatic rings. The van der Waals surface area contributed by atoms with Gasteiger partial charge in [-0.05, 0) is 92.5 Å². The lowest BCUT2D eigenvalue weighted by Crippen LogP contribution is -2.06. The van der Waals surface area contributed by atoms with Crippen molar-refractivity contribution in [1.82, 2.24) is 4.57 Å². The summed E-state index contributed by atoms with van der Waals surface area (Å²) in [6, 6.07) is 24.1. The molecule has 0 fully saturated rings. The van der Waals surface area contributed by atoms with Gasteiger partial charge >= 0.3 is 5.97 Å². The topological polar surface area (TPSA) is 57.5 Å². The molecule has 0 unspecified atom stereocenters. The summed E-state index contributed by atoms with van der Waals surface area (Å²) in [5.41, 5.74) is 5.01. The molecule has 41 heavy (non-hydrogen) atoms. The highest BCUT2D eigenvalue weighted by atomic mass is 16.5. The van der Waals surface area contributed by atoms with E-state index in [1.54, 1.807) is 25.3 Å². The Morgan fingerprint density at radius 1 is 0.902 bits per heavy atom. The molecule has 214 valence electrons. The lowest BCUT2D eigenvalue weighted by molar-refractivity contribution is -0.143. The number of ketones is 1. The maximum Gasteiger partial charge on any atom is 0.305 e. The number of ether oxygens (including phenoxy) is 2. The third-order valence-electron chi connectivity index (χ3n) is 7.04. The first-order chi connectivity index (χ1) is 19.9. The molecular formula is C36H41NO4. The van der Waals surface area contributed by atoms with Crippen LogP contribution in [-0.2, 0) is 28.9 Å². The molecule has 1 heterocycles. The third-order valence-corrected chi connectivity index (χ3v) is 7.04. The minimum absolute atomic E-state index is 0.0373. The van der Waals surface area contributed by atoms with Gasteiger partial charge in [-0.25, -0.2) is 0 Å². The van der Waals surface area contributed by atoms with Gasteiger partial charge in [0.05, 0.1) is 12.9 Å². The van der Waals surface area contributed by atoms with Crippen LogP contribution in [0.3, 0.4) is 0 Å². The zero-order valence-corrected chi connectivity index (χ0v) is 24.5. The van der Waals surface area contributed by atoms with E-state index in [4.69, 9.17) is 9.47 Å². The number of nitrogens with zero attached hydrogens (tertiary/aromatic N) is 1. The molecule has 3 aromatic carbocycles. The molecular weight excluding hydrogens is 510 g/mol. The Bertz CT molecular complexity index is 1450. The van der Waals surface area contributed by atoms with E-state index in [1.807, 2.05) is 53.2 Å². The normalized spacial score (nSPS) is 11.4.